The van der Waals surface area contributed by atoms with E-state index in [1.807, 2.05) is 0 Å². The second-order valence-corrected chi connectivity index (χ2v) is 5.91. The molecule has 1 aliphatic heterocycles. The van der Waals surface area contributed by atoms with E-state index in [1.165, 1.54) is 44.3 Å². The van der Waals surface area contributed by atoms with Crippen molar-refractivity contribution in [1.82, 2.24) is 4.90 Å². The lowest BCUT2D eigenvalue weighted by atomic mass is 10.2. The maximum atomic E-state index is 5.45. The van der Waals surface area contributed by atoms with Crippen LogP contribution in [0.2, 0.25) is 0 Å². The second-order valence-electron chi connectivity index (χ2n) is 4.26. The van der Waals surface area contributed by atoms with Crippen LogP contribution in [0.3, 0.4) is 0 Å². The average molecular weight is 243 g/mol. The van der Waals surface area contributed by atoms with E-state index in [2.05, 4.69) is 24.8 Å². The first-order valence-corrected chi connectivity index (χ1v) is 7.14. The summed E-state index contributed by atoms with van der Waals surface area (Å²) in [5.74, 6) is 1.03. The highest BCUT2D eigenvalue weighted by molar-refractivity contribution is 8.23. The van der Waals surface area contributed by atoms with Crippen LogP contribution in [0.5, 0.6) is 0 Å². The molecule has 1 saturated heterocycles. The number of nitrogens with zero attached hydrogens (tertiary/aromatic N) is 1. The van der Waals surface area contributed by atoms with Gasteiger partial charge < -0.3 is 4.90 Å². The Morgan fingerprint density at radius 3 is 2.33 bits per heavy atom. The average Bonchev–Trinajstić information content (AvgIpc) is 2.44. The molecule has 3 heteroatoms. The molecular formula is C12H21NS2. The number of allylic oxidation sites excluding steroid dienone is 1. The molecule has 0 bridgehead atoms. The summed E-state index contributed by atoms with van der Waals surface area (Å²) >= 11 is 7.25. The third-order valence-corrected chi connectivity index (χ3v) is 4.01. The quantitative estimate of drug-likeness (QED) is 0.536. The summed E-state index contributed by atoms with van der Waals surface area (Å²) < 4.78 is 1.09. The van der Waals surface area contributed by atoms with Crippen LogP contribution in [0.25, 0.3) is 0 Å². The lowest BCUT2D eigenvalue weighted by Gasteiger charge is -2.22. The minimum atomic E-state index is 1.03. The number of hydrogen-bond acceptors (Lipinski definition) is 2. The zero-order chi connectivity index (χ0) is 11.1. The van der Waals surface area contributed by atoms with Gasteiger partial charge in [0.1, 0.15) is 4.32 Å². The molecule has 0 N–H and O–H groups in total. The van der Waals surface area contributed by atoms with Crippen molar-refractivity contribution in [2.24, 2.45) is 0 Å². The molecule has 1 fully saturated rings. The molecule has 0 aromatic rings. The molecule has 86 valence electrons. The Morgan fingerprint density at radius 2 is 1.80 bits per heavy atom. The van der Waals surface area contributed by atoms with Crippen LogP contribution in [0.1, 0.15) is 39.5 Å². The Bertz CT molecular complexity index is 224. The Kier molecular flexibility index (Phi) is 6.34. The largest absolute Gasteiger partial charge is 0.358 e. The molecule has 0 unspecified atom stereocenters. The van der Waals surface area contributed by atoms with Gasteiger partial charge in [-0.15, -0.1) is 0 Å². The summed E-state index contributed by atoms with van der Waals surface area (Å²) in [6.45, 7) is 6.60. The lowest BCUT2D eigenvalue weighted by molar-refractivity contribution is 0.450. The van der Waals surface area contributed by atoms with Gasteiger partial charge in [0.05, 0.1) is 0 Å². The van der Waals surface area contributed by atoms with E-state index in [0.717, 1.165) is 10.1 Å². The molecule has 0 aliphatic carbocycles. The molecule has 15 heavy (non-hydrogen) atoms. The van der Waals surface area contributed by atoms with E-state index in [0.29, 0.717) is 0 Å². The maximum Gasteiger partial charge on any atom is 0.136 e. The molecule has 0 atom stereocenters. The molecule has 1 heterocycles. The molecule has 1 aliphatic rings. The van der Waals surface area contributed by atoms with Crippen LogP contribution in [0.4, 0.5) is 0 Å². The van der Waals surface area contributed by atoms with E-state index in [4.69, 9.17) is 12.2 Å². The Labute approximate surface area is 103 Å². The Morgan fingerprint density at radius 1 is 1.20 bits per heavy atom. The fraction of sp³-hybridized carbons (Fsp3) is 0.750. The molecule has 0 spiro atoms. The molecule has 1 nitrogen and oxygen atoms in total. The van der Waals surface area contributed by atoms with E-state index in [1.54, 1.807) is 11.8 Å². The number of rotatable bonds is 2. The fourth-order valence-corrected chi connectivity index (χ4v) is 2.94. The Hall–Kier alpha value is -0.0200. The summed E-state index contributed by atoms with van der Waals surface area (Å²) in [4.78, 5) is 2.38. The normalized spacial score (nSPS) is 17.1. The molecule has 0 saturated carbocycles. The Balaban J connectivity index is 2.28. The third-order valence-electron chi connectivity index (χ3n) is 2.56. The summed E-state index contributed by atoms with van der Waals surface area (Å²) in [5.41, 5.74) is 1.38. The molecular weight excluding hydrogens is 222 g/mol. The standard InChI is InChI=1S/C12H21NS2/c1-11(2)7-10-15-12(14)13-8-5-3-4-6-9-13/h7H,3-6,8-10H2,1-2H3. The van der Waals surface area contributed by atoms with Crippen LogP contribution >= 0.6 is 24.0 Å². The van der Waals surface area contributed by atoms with Gasteiger partial charge in [0.2, 0.25) is 0 Å². The first kappa shape index (κ1) is 13.0. The van der Waals surface area contributed by atoms with Gasteiger partial charge in [-0.2, -0.15) is 0 Å². The second kappa shape index (κ2) is 7.29. The highest BCUT2D eigenvalue weighted by atomic mass is 32.2. The van der Waals surface area contributed by atoms with Crippen molar-refractivity contribution in [3.05, 3.63) is 11.6 Å². The van der Waals surface area contributed by atoms with E-state index in [-0.39, 0.29) is 0 Å². The highest BCUT2D eigenvalue weighted by Gasteiger charge is 2.11. The van der Waals surface area contributed by atoms with Crippen molar-refractivity contribution >= 4 is 28.3 Å². The molecule has 1 rings (SSSR count). The monoisotopic (exact) mass is 243 g/mol. The van der Waals surface area contributed by atoms with Gasteiger partial charge in [0.15, 0.2) is 0 Å². The van der Waals surface area contributed by atoms with Crippen molar-refractivity contribution in [3.63, 3.8) is 0 Å². The van der Waals surface area contributed by atoms with Crippen molar-refractivity contribution in [1.29, 1.82) is 0 Å². The zero-order valence-corrected chi connectivity index (χ0v) is 11.4. The van der Waals surface area contributed by atoms with E-state index >= 15 is 0 Å². The molecule has 0 amide bonds. The topological polar surface area (TPSA) is 3.24 Å². The van der Waals surface area contributed by atoms with Gasteiger partial charge in [-0.1, -0.05) is 48.5 Å². The van der Waals surface area contributed by atoms with Crippen LogP contribution in [-0.4, -0.2) is 28.1 Å². The predicted molar refractivity (Wildman–Crippen MR) is 74.5 cm³/mol. The smallest absolute Gasteiger partial charge is 0.136 e. The van der Waals surface area contributed by atoms with Gasteiger partial charge in [-0.3, -0.25) is 0 Å². The minimum absolute atomic E-state index is 1.03. The van der Waals surface area contributed by atoms with Crippen LogP contribution in [0, 0.1) is 0 Å². The summed E-state index contributed by atoms with van der Waals surface area (Å²) in [6.07, 6.45) is 7.61. The number of hydrogen-bond donors (Lipinski definition) is 0. The van der Waals surface area contributed by atoms with Crippen molar-refractivity contribution in [3.8, 4) is 0 Å². The van der Waals surface area contributed by atoms with Gasteiger partial charge in [0, 0.05) is 18.8 Å². The minimum Gasteiger partial charge on any atom is -0.358 e. The molecule has 0 radical (unpaired) electrons. The lowest BCUT2D eigenvalue weighted by Crippen LogP contribution is -2.28. The zero-order valence-electron chi connectivity index (χ0n) is 9.79. The summed E-state index contributed by atoms with van der Waals surface area (Å²) in [7, 11) is 0. The molecule has 0 aromatic carbocycles. The van der Waals surface area contributed by atoms with Crippen LogP contribution in [-0.2, 0) is 0 Å². The van der Waals surface area contributed by atoms with Gasteiger partial charge >= 0.3 is 0 Å². The predicted octanol–water partition coefficient (Wildman–Crippen LogP) is 3.85. The summed E-state index contributed by atoms with van der Waals surface area (Å²) in [5, 5.41) is 0. The van der Waals surface area contributed by atoms with Gasteiger partial charge in [-0.05, 0) is 26.7 Å². The van der Waals surface area contributed by atoms with E-state index < -0.39 is 0 Å². The maximum absolute atomic E-state index is 5.45. The summed E-state index contributed by atoms with van der Waals surface area (Å²) in [6, 6.07) is 0. The van der Waals surface area contributed by atoms with Crippen molar-refractivity contribution in [2.45, 2.75) is 39.5 Å². The first-order chi connectivity index (χ1) is 7.20. The number of likely N-dealkylation sites (tertiary alicyclic amines) is 1. The SMILES string of the molecule is CC(C)=CCSC(=S)N1CCCCCC1. The number of thioether (sulfide) groups is 1. The molecule has 0 aromatic heterocycles. The third kappa shape index (κ3) is 5.57. The van der Waals surface area contributed by atoms with Gasteiger partial charge in [0.25, 0.3) is 0 Å². The fourth-order valence-electron chi connectivity index (χ4n) is 1.62. The van der Waals surface area contributed by atoms with E-state index in [9.17, 15) is 0 Å². The van der Waals surface area contributed by atoms with Crippen LogP contribution in [0.15, 0.2) is 11.6 Å². The van der Waals surface area contributed by atoms with Gasteiger partial charge in [-0.25, -0.2) is 0 Å². The van der Waals surface area contributed by atoms with Crippen molar-refractivity contribution in [2.75, 3.05) is 18.8 Å². The van der Waals surface area contributed by atoms with Crippen LogP contribution < -0.4 is 0 Å². The first-order valence-electron chi connectivity index (χ1n) is 5.75. The van der Waals surface area contributed by atoms with Crippen molar-refractivity contribution < 1.29 is 0 Å². The number of thiocarbonyl (C=S) groups is 1. The highest BCUT2D eigenvalue weighted by Crippen LogP contribution is 2.16.